The second kappa shape index (κ2) is 11.2. The molecule has 0 radical (unpaired) electrons. The summed E-state index contributed by atoms with van der Waals surface area (Å²) >= 11 is 0. The standard InChI is InChI=1S/C31H32N5O5P/c1-33(20-22-14-16-27-23(19-22)9-8-18-32-27)30(37)36-26-15-17-28(36)29(42(39,40)41)34(21-26)31(38)35(24-10-4-2-5-11-24)25-12-6-3-7-13-25/h2-14,16,18-19,26,28-29H,15,17,20-21H2,1H3,(H2,39,40,41)/t26?,28-,29-/m1/s1. The molecule has 3 heterocycles. The number of amides is 4. The van der Waals surface area contributed by atoms with Gasteiger partial charge in [0.25, 0.3) is 0 Å². The Morgan fingerprint density at radius 1 is 0.905 bits per heavy atom. The van der Waals surface area contributed by atoms with Gasteiger partial charge in [-0.1, -0.05) is 48.5 Å². The molecule has 216 valence electrons. The van der Waals surface area contributed by atoms with Crippen molar-refractivity contribution in [3.8, 4) is 0 Å². The molecule has 11 heteroatoms. The highest BCUT2D eigenvalue weighted by Crippen LogP contribution is 2.52. The van der Waals surface area contributed by atoms with Crippen molar-refractivity contribution >= 4 is 41.9 Å². The maximum absolute atomic E-state index is 14.2. The van der Waals surface area contributed by atoms with Gasteiger partial charge in [-0.15, -0.1) is 0 Å². The number of carbonyl (C=O) groups is 2. The summed E-state index contributed by atoms with van der Waals surface area (Å²) in [5, 5.41) is 0.964. The smallest absolute Gasteiger partial charge is 0.323 e. The van der Waals surface area contributed by atoms with Crippen molar-refractivity contribution in [1.82, 2.24) is 19.7 Å². The second-order valence-corrected chi connectivity index (χ2v) is 12.5. The summed E-state index contributed by atoms with van der Waals surface area (Å²) in [6.07, 6.45) is 2.67. The van der Waals surface area contributed by atoms with E-state index in [2.05, 4.69) is 4.98 Å². The molecule has 4 amide bonds. The maximum atomic E-state index is 14.2. The van der Waals surface area contributed by atoms with E-state index in [9.17, 15) is 23.9 Å². The zero-order valence-electron chi connectivity index (χ0n) is 23.1. The van der Waals surface area contributed by atoms with Crippen molar-refractivity contribution in [3.63, 3.8) is 0 Å². The predicted molar refractivity (Wildman–Crippen MR) is 160 cm³/mol. The van der Waals surface area contributed by atoms with E-state index in [1.807, 2.05) is 42.5 Å². The molecule has 4 aromatic rings. The van der Waals surface area contributed by atoms with Gasteiger partial charge in [0.1, 0.15) is 0 Å². The van der Waals surface area contributed by atoms with Gasteiger partial charge in [0.15, 0.2) is 5.78 Å². The first kappa shape index (κ1) is 27.9. The molecule has 1 unspecified atom stereocenters. The average Bonchev–Trinajstić information content (AvgIpc) is 3.28. The number of carbonyl (C=O) groups excluding carboxylic acids is 2. The molecule has 6 rings (SSSR count). The first-order valence-corrected chi connectivity index (χ1v) is 15.5. The Kier molecular flexibility index (Phi) is 7.45. The van der Waals surface area contributed by atoms with Gasteiger partial charge in [-0.05, 0) is 60.9 Å². The fraction of sp³-hybridized carbons (Fsp3) is 0.258. The van der Waals surface area contributed by atoms with Gasteiger partial charge in [-0.2, -0.15) is 0 Å². The highest BCUT2D eigenvalue weighted by Gasteiger charge is 2.57. The number of fused-ring (bicyclic) bond motifs is 3. The van der Waals surface area contributed by atoms with Crippen LogP contribution in [0.5, 0.6) is 0 Å². The Balaban J connectivity index is 1.28. The number of para-hydroxylation sites is 2. The lowest BCUT2D eigenvalue weighted by Gasteiger charge is -2.48. The van der Waals surface area contributed by atoms with Crippen molar-refractivity contribution in [3.05, 3.63) is 103 Å². The van der Waals surface area contributed by atoms with E-state index < -0.39 is 25.5 Å². The summed E-state index contributed by atoms with van der Waals surface area (Å²) in [7, 11) is -3.18. The molecule has 2 aliphatic rings. The molecule has 2 fully saturated rings. The number of benzene rings is 3. The molecular weight excluding hydrogens is 553 g/mol. The summed E-state index contributed by atoms with van der Waals surface area (Å²) in [5.41, 5.74) is 2.93. The molecule has 2 N–H and O–H groups in total. The molecule has 3 atom stereocenters. The van der Waals surface area contributed by atoms with Gasteiger partial charge < -0.3 is 24.5 Å². The first-order chi connectivity index (χ1) is 20.2. The second-order valence-electron chi connectivity index (χ2n) is 10.8. The van der Waals surface area contributed by atoms with Crippen molar-refractivity contribution in [1.29, 1.82) is 0 Å². The van der Waals surface area contributed by atoms with Crippen molar-refractivity contribution in [2.75, 3.05) is 18.5 Å². The fourth-order valence-electron chi connectivity index (χ4n) is 6.24. The molecule has 10 nitrogen and oxygen atoms in total. The number of hydrogen-bond donors (Lipinski definition) is 2. The molecule has 0 spiro atoms. The molecule has 2 saturated heterocycles. The number of nitrogens with zero attached hydrogens (tertiary/aromatic N) is 5. The van der Waals surface area contributed by atoms with Gasteiger partial charge >= 0.3 is 19.7 Å². The predicted octanol–water partition coefficient (Wildman–Crippen LogP) is 5.40. The minimum atomic E-state index is -4.86. The van der Waals surface area contributed by atoms with Crippen LogP contribution in [-0.4, -0.2) is 73.0 Å². The van der Waals surface area contributed by atoms with Crippen LogP contribution in [0.3, 0.4) is 0 Å². The van der Waals surface area contributed by atoms with Gasteiger partial charge in [-0.3, -0.25) is 14.4 Å². The third kappa shape index (κ3) is 5.25. The Bertz CT molecular complexity index is 1610. The largest absolute Gasteiger partial charge is 0.350 e. The number of pyridine rings is 1. The third-order valence-electron chi connectivity index (χ3n) is 8.06. The number of hydrogen-bond acceptors (Lipinski definition) is 4. The van der Waals surface area contributed by atoms with Crippen LogP contribution in [0.15, 0.2) is 97.2 Å². The summed E-state index contributed by atoms with van der Waals surface area (Å²) in [6.45, 7) is 0.334. The summed E-state index contributed by atoms with van der Waals surface area (Å²) in [5.74, 6) is -1.47. The molecule has 2 aliphatic heterocycles. The summed E-state index contributed by atoms with van der Waals surface area (Å²) < 4.78 is 13.1. The van der Waals surface area contributed by atoms with Crippen LogP contribution < -0.4 is 4.90 Å². The van der Waals surface area contributed by atoms with E-state index in [0.717, 1.165) is 16.5 Å². The molecule has 2 bridgehead atoms. The number of rotatable bonds is 5. The fourth-order valence-corrected chi connectivity index (χ4v) is 7.53. The van der Waals surface area contributed by atoms with Crippen LogP contribution in [0.1, 0.15) is 18.4 Å². The van der Waals surface area contributed by atoms with Crippen molar-refractivity contribution < 1.29 is 23.9 Å². The molecule has 42 heavy (non-hydrogen) atoms. The molecular formula is C31H32N5O5P. The lowest BCUT2D eigenvalue weighted by Crippen LogP contribution is -2.65. The number of piperazine rings is 1. The van der Waals surface area contributed by atoms with Crippen molar-refractivity contribution in [2.45, 2.75) is 37.3 Å². The number of anilines is 2. The van der Waals surface area contributed by atoms with Crippen LogP contribution in [0, 0.1) is 0 Å². The van der Waals surface area contributed by atoms with Crippen LogP contribution in [0.25, 0.3) is 10.9 Å². The highest BCUT2D eigenvalue weighted by atomic mass is 31.2. The molecule has 3 aromatic carbocycles. The molecule has 0 aliphatic carbocycles. The van der Waals surface area contributed by atoms with Crippen LogP contribution in [-0.2, 0) is 11.1 Å². The maximum Gasteiger partial charge on any atom is 0.350 e. The Morgan fingerprint density at radius 3 is 2.21 bits per heavy atom. The van der Waals surface area contributed by atoms with Gasteiger partial charge in [0.05, 0.1) is 29.0 Å². The third-order valence-corrected chi connectivity index (χ3v) is 9.37. The van der Waals surface area contributed by atoms with E-state index >= 15 is 0 Å². The average molecular weight is 586 g/mol. The minimum absolute atomic E-state index is 0.0164. The zero-order chi connectivity index (χ0) is 29.4. The summed E-state index contributed by atoms with van der Waals surface area (Å²) in [4.78, 5) is 59.5. The normalized spacial score (nSPS) is 20.0. The van der Waals surface area contributed by atoms with E-state index in [-0.39, 0.29) is 18.6 Å². The zero-order valence-corrected chi connectivity index (χ0v) is 24.0. The van der Waals surface area contributed by atoms with Gasteiger partial charge in [0, 0.05) is 31.7 Å². The first-order valence-electron chi connectivity index (χ1n) is 13.9. The van der Waals surface area contributed by atoms with Gasteiger partial charge in [0.2, 0.25) is 0 Å². The van der Waals surface area contributed by atoms with E-state index in [1.54, 1.807) is 71.6 Å². The van der Waals surface area contributed by atoms with E-state index in [4.69, 9.17) is 0 Å². The highest BCUT2D eigenvalue weighted by molar-refractivity contribution is 7.52. The monoisotopic (exact) mass is 585 g/mol. The minimum Gasteiger partial charge on any atom is -0.323 e. The van der Waals surface area contributed by atoms with Crippen molar-refractivity contribution in [2.24, 2.45) is 0 Å². The molecule has 1 aromatic heterocycles. The number of aromatic nitrogens is 1. The SMILES string of the molecule is CN(Cc1ccc2ncccc2c1)C(=O)N1C2CC[C@@H]1[C@@H](P(=O)(O)O)N(C(=O)N(c1ccccc1)c1ccccc1)C2. The Morgan fingerprint density at radius 2 is 1.57 bits per heavy atom. The van der Waals surface area contributed by atoms with Crippen LogP contribution >= 0.6 is 7.60 Å². The molecule has 0 saturated carbocycles. The van der Waals surface area contributed by atoms with Gasteiger partial charge in [-0.25, -0.2) is 9.59 Å². The topological polar surface area (TPSA) is 118 Å². The van der Waals surface area contributed by atoms with E-state index in [1.165, 1.54) is 9.80 Å². The lowest BCUT2D eigenvalue weighted by atomic mass is 10.1. The van der Waals surface area contributed by atoms with E-state index in [0.29, 0.717) is 30.8 Å². The van der Waals surface area contributed by atoms with Crippen LogP contribution in [0.4, 0.5) is 21.0 Å². The van der Waals surface area contributed by atoms with Crippen LogP contribution in [0.2, 0.25) is 0 Å². The summed E-state index contributed by atoms with van der Waals surface area (Å²) in [6, 6.07) is 25.6. The number of likely N-dealkylation sites (tertiary alicyclic amines) is 1. The lowest BCUT2D eigenvalue weighted by molar-refractivity contribution is 0.0654. The number of urea groups is 2. The Labute approximate surface area is 243 Å². The quantitative estimate of drug-likeness (QED) is 0.303. The Hall–Kier alpha value is -4.24.